The lowest BCUT2D eigenvalue weighted by atomic mass is 9.72. The maximum atomic E-state index is 15.3. The Morgan fingerprint density at radius 1 is 1.23 bits per heavy atom. The van der Waals surface area contributed by atoms with Crippen LogP contribution in [0.4, 0.5) is 9.18 Å². The summed E-state index contributed by atoms with van der Waals surface area (Å²) in [6.45, 7) is 12.3. The third-order valence-corrected chi connectivity index (χ3v) is 5.59. The number of hydrogen-bond donors (Lipinski definition) is 0. The zero-order chi connectivity index (χ0) is 22.5. The van der Waals surface area contributed by atoms with Crippen LogP contribution in [0.3, 0.4) is 0 Å². The predicted molar refractivity (Wildman–Crippen MR) is 119 cm³/mol. The van der Waals surface area contributed by atoms with E-state index in [2.05, 4.69) is 13.8 Å². The minimum atomic E-state index is -0.513. The lowest BCUT2D eigenvalue weighted by Crippen LogP contribution is -2.46. The molecule has 170 valence electrons. The number of likely N-dealkylation sites (tertiary alicyclic amines) is 1. The van der Waals surface area contributed by atoms with Gasteiger partial charge in [-0.3, -0.25) is 0 Å². The van der Waals surface area contributed by atoms with Crippen LogP contribution in [-0.2, 0) is 16.6 Å². The number of carbonyl (C=O) groups is 1. The first kappa shape index (κ1) is 24.4. The largest absolute Gasteiger partial charge is 0.492 e. The third kappa shape index (κ3) is 6.59. The van der Waals surface area contributed by atoms with E-state index in [9.17, 15) is 4.79 Å². The number of nitrogens with zero attached hydrogens (tertiary/aromatic N) is 2. The highest BCUT2D eigenvalue weighted by Gasteiger charge is 2.38. The molecule has 1 saturated heterocycles. The molecule has 0 aliphatic carbocycles. The molecule has 1 aliphatic heterocycles. The Morgan fingerprint density at radius 2 is 1.87 bits per heavy atom. The zero-order valence-electron chi connectivity index (χ0n) is 19.8. The first-order valence-electron chi connectivity index (χ1n) is 11.0. The molecule has 1 aliphatic rings. The molecular weight excluding hydrogens is 383 g/mol. The highest BCUT2D eigenvalue weighted by molar-refractivity contribution is 5.68. The molecule has 0 radical (unpaired) electrons. The SMILES string of the molecule is CCCc1cc(OCCN(C)C)cc(F)c1C1(C)CCN(C(=O)OC(C)(C)C)CC1. The number of piperidine rings is 1. The van der Waals surface area contributed by atoms with Crippen molar-refractivity contribution in [1.82, 2.24) is 9.80 Å². The molecule has 0 saturated carbocycles. The van der Waals surface area contributed by atoms with Crippen molar-refractivity contribution in [2.24, 2.45) is 0 Å². The van der Waals surface area contributed by atoms with E-state index >= 15 is 4.39 Å². The lowest BCUT2D eigenvalue weighted by molar-refractivity contribution is 0.0170. The van der Waals surface area contributed by atoms with Crippen molar-refractivity contribution in [2.75, 3.05) is 40.3 Å². The molecule has 30 heavy (non-hydrogen) atoms. The molecule has 1 fully saturated rings. The van der Waals surface area contributed by atoms with E-state index in [0.29, 0.717) is 38.3 Å². The summed E-state index contributed by atoms with van der Waals surface area (Å²) >= 11 is 0. The van der Waals surface area contributed by atoms with Gasteiger partial charge in [0.1, 0.15) is 23.8 Å². The number of aryl methyl sites for hydroxylation is 1. The minimum Gasteiger partial charge on any atom is -0.492 e. The van der Waals surface area contributed by atoms with Crippen LogP contribution in [0.2, 0.25) is 0 Å². The fourth-order valence-corrected chi connectivity index (χ4v) is 3.97. The third-order valence-electron chi connectivity index (χ3n) is 5.59. The van der Waals surface area contributed by atoms with Crippen molar-refractivity contribution >= 4 is 6.09 Å². The normalized spacial score (nSPS) is 16.6. The zero-order valence-corrected chi connectivity index (χ0v) is 19.8. The topological polar surface area (TPSA) is 42.0 Å². The Kier molecular flexibility index (Phi) is 8.14. The van der Waals surface area contributed by atoms with E-state index in [-0.39, 0.29) is 17.3 Å². The summed E-state index contributed by atoms with van der Waals surface area (Å²) in [6.07, 6.45) is 2.88. The van der Waals surface area contributed by atoms with Crippen molar-refractivity contribution in [2.45, 2.75) is 71.3 Å². The van der Waals surface area contributed by atoms with Crippen LogP contribution < -0.4 is 4.74 Å². The predicted octanol–water partition coefficient (Wildman–Crippen LogP) is 5.01. The molecule has 1 aromatic carbocycles. The van der Waals surface area contributed by atoms with Crippen molar-refractivity contribution < 1.29 is 18.7 Å². The van der Waals surface area contributed by atoms with E-state index in [1.54, 1.807) is 4.90 Å². The van der Waals surface area contributed by atoms with Gasteiger partial charge < -0.3 is 19.3 Å². The summed E-state index contributed by atoms with van der Waals surface area (Å²) in [5, 5.41) is 0. The highest BCUT2D eigenvalue weighted by atomic mass is 19.1. The number of halogens is 1. The van der Waals surface area contributed by atoms with Crippen molar-refractivity contribution in [3.8, 4) is 5.75 Å². The monoisotopic (exact) mass is 422 g/mol. The fourth-order valence-electron chi connectivity index (χ4n) is 3.97. The van der Waals surface area contributed by atoms with Crippen LogP contribution in [0, 0.1) is 5.82 Å². The average molecular weight is 423 g/mol. The number of benzene rings is 1. The Bertz CT molecular complexity index is 720. The number of rotatable bonds is 7. The molecule has 0 spiro atoms. The fraction of sp³-hybridized carbons (Fsp3) is 0.708. The van der Waals surface area contributed by atoms with E-state index in [1.165, 1.54) is 6.07 Å². The first-order chi connectivity index (χ1) is 13.9. The van der Waals surface area contributed by atoms with Gasteiger partial charge in [-0.05, 0) is 76.7 Å². The van der Waals surface area contributed by atoms with Crippen molar-refractivity contribution in [3.63, 3.8) is 0 Å². The van der Waals surface area contributed by atoms with Gasteiger partial charge in [-0.2, -0.15) is 0 Å². The van der Waals surface area contributed by atoms with Crippen LogP contribution >= 0.6 is 0 Å². The molecule has 1 aromatic rings. The summed E-state index contributed by atoms with van der Waals surface area (Å²) in [5.41, 5.74) is 0.981. The van der Waals surface area contributed by atoms with Crippen LogP contribution in [0.1, 0.15) is 65.0 Å². The molecule has 0 bridgehead atoms. The molecule has 5 nitrogen and oxygen atoms in total. The van der Waals surface area contributed by atoms with Gasteiger partial charge in [0.25, 0.3) is 0 Å². The quantitative estimate of drug-likeness (QED) is 0.620. The molecule has 2 rings (SSSR count). The van der Waals surface area contributed by atoms with Gasteiger partial charge in [0, 0.05) is 25.7 Å². The maximum Gasteiger partial charge on any atom is 0.410 e. The Morgan fingerprint density at radius 3 is 2.40 bits per heavy atom. The van der Waals surface area contributed by atoms with Gasteiger partial charge >= 0.3 is 6.09 Å². The number of hydrogen-bond acceptors (Lipinski definition) is 4. The van der Waals surface area contributed by atoms with Gasteiger partial charge in [-0.1, -0.05) is 20.3 Å². The number of ether oxygens (including phenoxy) is 2. The van der Waals surface area contributed by atoms with Gasteiger partial charge in [0.15, 0.2) is 0 Å². The Hall–Kier alpha value is -1.82. The molecular formula is C24H39FN2O3. The summed E-state index contributed by atoms with van der Waals surface area (Å²) in [6, 6.07) is 3.53. The van der Waals surface area contributed by atoms with E-state index in [0.717, 1.165) is 30.5 Å². The second-order valence-electron chi connectivity index (χ2n) is 9.87. The van der Waals surface area contributed by atoms with Gasteiger partial charge in [0.2, 0.25) is 0 Å². The molecule has 0 N–H and O–H groups in total. The van der Waals surface area contributed by atoms with Crippen LogP contribution in [0.25, 0.3) is 0 Å². The van der Waals surface area contributed by atoms with Crippen molar-refractivity contribution in [3.05, 3.63) is 29.1 Å². The Balaban J connectivity index is 2.18. The number of likely N-dealkylation sites (N-methyl/N-ethyl adjacent to an activating group) is 1. The van der Waals surface area contributed by atoms with Gasteiger partial charge in [-0.15, -0.1) is 0 Å². The summed E-state index contributed by atoms with van der Waals surface area (Å²) < 4.78 is 26.6. The second kappa shape index (κ2) is 9.99. The van der Waals surface area contributed by atoms with E-state index in [1.807, 2.05) is 45.8 Å². The summed E-state index contributed by atoms with van der Waals surface area (Å²) in [7, 11) is 3.97. The molecule has 0 unspecified atom stereocenters. The van der Waals surface area contributed by atoms with Crippen LogP contribution in [0.5, 0.6) is 5.75 Å². The minimum absolute atomic E-state index is 0.200. The molecule has 0 aromatic heterocycles. The van der Waals surface area contributed by atoms with Crippen molar-refractivity contribution in [1.29, 1.82) is 0 Å². The smallest absolute Gasteiger partial charge is 0.410 e. The molecule has 0 atom stereocenters. The molecule has 1 heterocycles. The van der Waals surface area contributed by atoms with Gasteiger partial charge in [0.05, 0.1) is 0 Å². The summed E-state index contributed by atoms with van der Waals surface area (Å²) in [5.74, 6) is 0.394. The summed E-state index contributed by atoms with van der Waals surface area (Å²) in [4.78, 5) is 16.2. The number of carbonyl (C=O) groups excluding carboxylic acids is 1. The molecule has 6 heteroatoms. The average Bonchev–Trinajstić information content (AvgIpc) is 2.60. The van der Waals surface area contributed by atoms with Crippen LogP contribution in [-0.4, -0.2) is 61.8 Å². The van der Waals surface area contributed by atoms with Crippen LogP contribution in [0.15, 0.2) is 12.1 Å². The standard InChI is InChI=1S/C24H39FN2O3/c1-8-9-18-16-19(29-15-14-26(6)7)17-20(25)21(18)24(5)10-12-27(13-11-24)22(28)30-23(2,3)4/h16-17H,8-15H2,1-7H3. The Labute approximate surface area is 181 Å². The lowest BCUT2D eigenvalue weighted by Gasteiger charge is -2.41. The van der Waals surface area contributed by atoms with Gasteiger partial charge in [-0.25, -0.2) is 9.18 Å². The first-order valence-corrected chi connectivity index (χ1v) is 11.0. The maximum absolute atomic E-state index is 15.3. The van der Waals surface area contributed by atoms with E-state index in [4.69, 9.17) is 9.47 Å². The molecule has 1 amide bonds. The number of amides is 1. The second-order valence-corrected chi connectivity index (χ2v) is 9.87. The highest BCUT2D eigenvalue weighted by Crippen LogP contribution is 2.40. The van der Waals surface area contributed by atoms with E-state index < -0.39 is 5.60 Å².